The number of rotatable bonds is 3. The molecule has 0 aliphatic rings. The van der Waals surface area contributed by atoms with Crippen LogP contribution in [0.3, 0.4) is 0 Å². The summed E-state index contributed by atoms with van der Waals surface area (Å²) in [6.45, 7) is 1.87. The molecule has 0 saturated heterocycles. The second-order valence-electron chi connectivity index (χ2n) is 5.15. The van der Waals surface area contributed by atoms with Crippen LogP contribution < -0.4 is 9.60 Å². The molecule has 120 valence electrons. The fraction of sp³-hybridized carbons (Fsp3) is 0.133. The molecular weight excluding hydrogens is 356 g/mol. The smallest absolute Gasteiger partial charge is 0.302 e. The van der Waals surface area contributed by atoms with E-state index >= 15 is 0 Å². The molecule has 3 rings (SSSR count). The zero-order valence-corrected chi connectivity index (χ0v) is 14.7. The third-order valence-electron chi connectivity index (χ3n) is 3.44. The molecule has 0 aliphatic carbocycles. The molecule has 1 heterocycles. The number of nitrogens with one attached hydrogen (secondary N) is 1. The van der Waals surface area contributed by atoms with Crippen LogP contribution in [0.25, 0.3) is 10.2 Å². The van der Waals surface area contributed by atoms with Crippen LogP contribution in [0.2, 0.25) is 5.02 Å². The van der Waals surface area contributed by atoms with E-state index in [2.05, 4.69) is 4.72 Å². The number of hydrogen-bond donors (Lipinski definition) is 1. The van der Waals surface area contributed by atoms with Gasteiger partial charge in [0.05, 0.1) is 25.8 Å². The zero-order valence-electron chi connectivity index (χ0n) is 12.3. The molecule has 0 fully saturated rings. The number of benzene rings is 2. The summed E-state index contributed by atoms with van der Waals surface area (Å²) in [5.74, 6) is 0. The highest BCUT2D eigenvalue weighted by molar-refractivity contribution is 7.92. The number of halogens is 1. The fourth-order valence-electron chi connectivity index (χ4n) is 2.19. The molecular formula is C15H13ClN2O3S2. The maximum Gasteiger partial charge on any atom is 0.307 e. The van der Waals surface area contributed by atoms with Gasteiger partial charge in [-0.05, 0) is 42.8 Å². The Bertz CT molecular complexity index is 1070. The monoisotopic (exact) mass is 368 g/mol. The first-order chi connectivity index (χ1) is 10.8. The second kappa shape index (κ2) is 5.67. The van der Waals surface area contributed by atoms with E-state index in [-0.39, 0.29) is 9.77 Å². The molecule has 8 heteroatoms. The Kier molecular flexibility index (Phi) is 3.95. The second-order valence-corrected chi connectivity index (χ2v) is 8.23. The minimum Gasteiger partial charge on any atom is -0.302 e. The number of anilines is 1. The van der Waals surface area contributed by atoms with E-state index in [1.165, 1.54) is 16.7 Å². The molecule has 0 bridgehead atoms. The maximum absolute atomic E-state index is 12.5. The van der Waals surface area contributed by atoms with Crippen molar-refractivity contribution in [3.63, 3.8) is 0 Å². The number of nitrogens with zero attached hydrogens (tertiary/aromatic N) is 1. The van der Waals surface area contributed by atoms with Gasteiger partial charge < -0.3 is 4.57 Å². The van der Waals surface area contributed by atoms with Crippen LogP contribution >= 0.6 is 22.9 Å². The van der Waals surface area contributed by atoms with Crippen molar-refractivity contribution in [3.8, 4) is 0 Å². The normalized spacial score (nSPS) is 11.8. The van der Waals surface area contributed by atoms with E-state index in [1.54, 1.807) is 31.3 Å². The van der Waals surface area contributed by atoms with Gasteiger partial charge in [-0.3, -0.25) is 9.52 Å². The summed E-state index contributed by atoms with van der Waals surface area (Å²) in [7, 11) is -2.13. The van der Waals surface area contributed by atoms with Crippen molar-refractivity contribution in [3.05, 3.63) is 56.7 Å². The van der Waals surface area contributed by atoms with Crippen molar-refractivity contribution in [2.45, 2.75) is 11.8 Å². The van der Waals surface area contributed by atoms with Crippen molar-refractivity contribution in [1.82, 2.24) is 4.57 Å². The lowest BCUT2D eigenvalue weighted by Crippen LogP contribution is -2.13. The van der Waals surface area contributed by atoms with Gasteiger partial charge in [-0.15, -0.1) is 0 Å². The summed E-state index contributed by atoms with van der Waals surface area (Å²) in [4.78, 5) is 11.6. The summed E-state index contributed by atoms with van der Waals surface area (Å²) < 4.78 is 29.6. The predicted octanol–water partition coefficient (Wildman–Crippen LogP) is 3.36. The molecule has 0 spiro atoms. The summed E-state index contributed by atoms with van der Waals surface area (Å²) >= 11 is 7.08. The van der Waals surface area contributed by atoms with Gasteiger partial charge in [0.25, 0.3) is 10.0 Å². The average molecular weight is 369 g/mol. The van der Waals surface area contributed by atoms with E-state index in [1.807, 2.05) is 6.92 Å². The van der Waals surface area contributed by atoms with Gasteiger partial charge in [-0.25, -0.2) is 8.42 Å². The highest BCUT2D eigenvalue weighted by atomic mass is 35.5. The van der Waals surface area contributed by atoms with Gasteiger partial charge in [0, 0.05) is 7.05 Å². The summed E-state index contributed by atoms with van der Waals surface area (Å²) in [5, 5.41) is 0.332. The largest absolute Gasteiger partial charge is 0.307 e. The fourth-order valence-corrected chi connectivity index (χ4v) is 4.63. The minimum absolute atomic E-state index is 0.0866. The van der Waals surface area contributed by atoms with E-state index in [0.29, 0.717) is 20.9 Å². The molecule has 0 saturated carbocycles. The lowest BCUT2D eigenvalue weighted by atomic mass is 10.2. The topological polar surface area (TPSA) is 68.2 Å². The number of sulfonamides is 1. The van der Waals surface area contributed by atoms with Crippen LogP contribution in [0.15, 0.2) is 46.1 Å². The first kappa shape index (κ1) is 16.0. The first-order valence-electron chi connectivity index (χ1n) is 6.66. The number of aromatic nitrogens is 1. The Labute approximate surface area is 142 Å². The third-order valence-corrected chi connectivity index (χ3v) is 6.11. The lowest BCUT2D eigenvalue weighted by molar-refractivity contribution is 0.601. The van der Waals surface area contributed by atoms with Crippen molar-refractivity contribution in [1.29, 1.82) is 0 Å². The molecule has 23 heavy (non-hydrogen) atoms. The quantitative estimate of drug-likeness (QED) is 0.770. The van der Waals surface area contributed by atoms with Crippen LogP contribution in [-0.2, 0) is 17.1 Å². The van der Waals surface area contributed by atoms with Crippen molar-refractivity contribution in [2.24, 2.45) is 7.05 Å². The molecule has 5 nitrogen and oxygen atoms in total. The Morgan fingerprint density at radius 1 is 1.17 bits per heavy atom. The van der Waals surface area contributed by atoms with Crippen LogP contribution in [-0.4, -0.2) is 13.0 Å². The Hall–Kier alpha value is -1.83. The molecule has 3 aromatic rings. The molecule has 2 aromatic carbocycles. The Morgan fingerprint density at radius 2 is 1.91 bits per heavy atom. The minimum atomic E-state index is -3.78. The Morgan fingerprint density at radius 3 is 2.61 bits per heavy atom. The van der Waals surface area contributed by atoms with E-state index in [0.717, 1.165) is 16.9 Å². The molecule has 0 amide bonds. The molecule has 0 aliphatic heterocycles. The standard InChI is InChI=1S/C15H13ClN2O3S2/c1-9-3-5-12(11(16)7-9)17-23(20,21)10-4-6-13-14(8-10)22-15(19)18(13)2/h3-8,17H,1-2H3. The summed E-state index contributed by atoms with van der Waals surface area (Å²) in [6, 6.07) is 9.67. The van der Waals surface area contributed by atoms with Gasteiger partial charge in [0.1, 0.15) is 0 Å². The van der Waals surface area contributed by atoms with E-state index in [4.69, 9.17) is 11.6 Å². The maximum atomic E-state index is 12.5. The van der Waals surface area contributed by atoms with E-state index < -0.39 is 10.0 Å². The number of fused-ring (bicyclic) bond motifs is 1. The number of hydrogen-bond acceptors (Lipinski definition) is 4. The lowest BCUT2D eigenvalue weighted by Gasteiger charge is -2.10. The molecule has 0 radical (unpaired) electrons. The van der Waals surface area contributed by atoms with Crippen molar-refractivity contribution < 1.29 is 8.42 Å². The number of aryl methyl sites for hydroxylation is 2. The molecule has 1 aromatic heterocycles. The highest BCUT2D eigenvalue weighted by Gasteiger charge is 2.17. The van der Waals surface area contributed by atoms with Gasteiger partial charge in [-0.2, -0.15) is 0 Å². The van der Waals surface area contributed by atoms with Crippen LogP contribution in [0.1, 0.15) is 5.56 Å². The third kappa shape index (κ3) is 2.99. The van der Waals surface area contributed by atoms with Gasteiger partial charge in [0.2, 0.25) is 0 Å². The zero-order chi connectivity index (χ0) is 16.8. The molecule has 0 atom stereocenters. The average Bonchev–Trinajstić information content (AvgIpc) is 2.77. The highest BCUT2D eigenvalue weighted by Crippen LogP contribution is 2.27. The SMILES string of the molecule is Cc1ccc(NS(=O)(=O)c2ccc3c(c2)sc(=O)n3C)c(Cl)c1. The predicted molar refractivity (Wildman–Crippen MR) is 94.1 cm³/mol. The molecule has 0 unspecified atom stereocenters. The molecule has 1 N–H and O–H groups in total. The van der Waals surface area contributed by atoms with Gasteiger partial charge >= 0.3 is 4.87 Å². The van der Waals surface area contributed by atoms with Gasteiger partial charge in [0.15, 0.2) is 0 Å². The van der Waals surface area contributed by atoms with Gasteiger partial charge in [-0.1, -0.05) is 29.0 Å². The summed E-state index contributed by atoms with van der Waals surface area (Å²) in [6.07, 6.45) is 0. The first-order valence-corrected chi connectivity index (χ1v) is 9.34. The van der Waals surface area contributed by atoms with Crippen molar-refractivity contribution in [2.75, 3.05) is 4.72 Å². The van der Waals surface area contributed by atoms with Crippen molar-refractivity contribution >= 4 is 48.9 Å². The number of thiazole rings is 1. The van der Waals surface area contributed by atoms with Crippen LogP contribution in [0, 0.1) is 6.92 Å². The van der Waals surface area contributed by atoms with Crippen LogP contribution in [0.4, 0.5) is 5.69 Å². The summed E-state index contributed by atoms with van der Waals surface area (Å²) in [5.41, 5.74) is 1.96. The van der Waals surface area contributed by atoms with E-state index in [9.17, 15) is 13.2 Å². The van der Waals surface area contributed by atoms with Crippen LogP contribution in [0.5, 0.6) is 0 Å². The Balaban J connectivity index is 2.04.